The second kappa shape index (κ2) is 8.55. The molecule has 1 aromatic carbocycles. The Hall–Kier alpha value is -0.590. The van der Waals surface area contributed by atoms with Gasteiger partial charge < -0.3 is 10.2 Å². The van der Waals surface area contributed by atoms with Gasteiger partial charge in [-0.15, -0.1) is 0 Å². The van der Waals surface area contributed by atoms with Crippen LogP contribution < -0.4 is 5.32 Å². The summed E-state index contributed by atoms with van der Waals surface area (Å²) in [6.07, 6.45) is 0. The van der Waals surface area contributed by atoms with Crippen molar-refractivity contribution in [3.05, 3.63) is 28.7 Å². The summed E-state index contributed by atoms with van der Waals surface area (Å²) in [5.74, 6) is 0.280. The van der Waals surface area contributed by atoms with E-state index in [1.807, 2.05) is 24.3 Å². The second-order valence-corrected chi connectivity index (χ2v) is 6.22. The van der Waals surface area contributed by atoms with Crippen LogP contribution in [0.25, 0.3) is 0 Å². The van der Waals surface area contributed by atoms with Gasteiger partial charge >= 0.3 is 0 Å². The summed E-state index contributed by atoms with van der Waals surface area (Å²) in [6, 6.07) is 7.54. The normalized spacial score (nSPS) is 10.1. The zero-order chi connectivity index (χ0) is 14.3. The van der Waals surface area contributed by atoms with Crippen molar-refractivity contribution in [2.75, 3.05) is 24.2 Å². The van der Waals surface area contributed by atoms with E-state index in [4.69, 9.17) is 12.2 Å². The molecule has 0 radical (unpaired) electrons. The Bertz CT molecular complexity index is 450. The first-order valence-electron chi connectivity index (χ1n) is 6.04. The fourth-order valence-corrected chi connectivity index (χ4v) is 3.04. The van der Waals surface area contributed by atoms with Gasteiger partial charge in [-0.2, -0.15) is 0 Å². The number of thioether (sulfide) groups is 1. The van der Waals surface area contributed by atoms with Gasteiger partial charge in [0.05, 0.1) is 11.4 Å². The van der Waals surface area contributed by atoms with Crippen LogP contribution in [0.5, 0.6) is 0 Å². The van der Waals surface area contributed by atoms with Crippen molar-refractivity contribution in [2.24, 2.45) is 0 Å². The third-order valence-electron chi connectivity index (χ3n) is 2.50. The Morgan fingerprint density at radius 1 is 1.37 bits per heavy atom. The standard InChI is InChI=1S/C13H17BrN2OS2/c1-3-16(4-2)13(18)19-9-12(17)15-11-8-6-5-7-10(11)14/h5-8H,3-4,9H2,1-2H3,(H,15,17). The molecule has 0 saturated carbocycles. The SMILES string of the molecule is CCN(CC)C(=S)SCC(=O)Nc1ccccc1Br. The minimum Gasteiger partial charge on any atom is -0.358 e. The lowest BCUT2D eigenvalue weighted by atomic mass is 10.3. The van der Waals surface area contributed by atoms with Crippen LogP contribution in [-0.2, 0) is 4.79 Å². The van der Waals surface area contributed by atoms with E-state index in [0.29, 0.717) is 5.75 Å². The fourth-order valence-electron chi connectivity index (χ4n) is 1.45. The number of para-hydroxylation sites is 1. The van der Waals surface area contributed by atoms with E-state index in [1.165, 1.54) is 11.8 Å². The van der Waals surface area contributed by atoms with Crippen molar-refractivity contribution in [3.63, 3.8) is 0 Å². The van der Waals surface area contributed by atoms with Crippen molar-refractivity contribution >= 4 is 55.8 Å². The molecule has 0 aromatic heterocycles. The highest BCUT2D eigenvalue weighted by atomic mass is 79.9. The minimum absolute atomic E-state index is 0.0496. The Kier molecular flexibility index (Phi) is 7.41. The molecule has 0 heterocycles. The van der Waals surface area contributed by atoms with Crippen molar-refractivity contribution in [1.29, 1.82) is 0 Å². The summed E-state index contributed by atoms with van der Waals surface area (Å²) in [7, 11) is 0. The number of benzene rings is 1. The monoisotopic (exact) mass is 360 g/mol. The maximum Gasteiger partial charge on any atom is 0.234 e. The van der Waals surface area contributed by atoms with E-state index in [-0.39, 0.29) is 5.91 Å². The zero-order valence-corrected chi connectivity index (χ0v) is 14.2. The summed E-state index contributed by atoms with van der Waals surface area (Å²) in [5.41, 5.74) is 0.779. The molecule has 3 nitrogen and oxygen atoms in total. The lowest BCUT2D eigenvalue weighted by Gasteiger charge is -2.20. The smallest absolute Gasteiger partial charge is 0.234 e. The molecule has 1 aromatic rings. The molecule has 0 saturated heterocycles. The van der Waals surface area contributed by atoms with Gasteiger partial charge in [-0.3, -0.25) is 4.79 Å². The number of rotatable bonds is 5. The van der Waals surface area contributed by atoms with Gasteiger partial charge in [0.1, 0.15) is 4.32 Å². The topological polar surface area (TPSA) is 32.3 Å². The van der Waals surface area contributed by atoms with Crippen molar-refractivity contribution in [3.8, 4) is 0 Å². The van der Waals surface area contributed by atoms with E-state index >= 15 is 0 Å². The summed E-state index contributed by atoms with van der Waals surface area (Å²) < 4.78 is 1.65. The molecule has 0 spiro atoms. The Morgan fingerprint density at radius 2 is 2.00 bits per heavy atom. The molecule has 0 aliphatic rings. The Morgan fingerprint density at radius 3 is 2.58 bits per heavy atom. The van der Waals surface area contributed by atoms with Crippen LogP contribution in [0.4, 0.5) is 5.69 Å². The molecule has 1 rings (SSSR count). The summed E-state index contributed by atoms with van der Waals surface area (Å²) in [6.45, 7) is 5.84. The van der Waals surface area contributed by atoms with E-state index < -0.39 is 0 Å². The average Bonchev–Trinajstić information content (AvgIpc) is 2.40. The molecule has 19 heavy (non-hydrogen) atoms. The van der Waals surface area contributed by atoms with Gasteiger partial charge in [-0.05, 0) is 41.9 Å². The largest absolute Gasteiger partial charge is 0.358 e. The number of carbonyl (C=O) groups is 1. The minimum atomic E-state index is -0.0496. The molecule has 1 N–H and O–H groups in total. The Balaban J connectivity index is 2.44. The van der Waals surface area contributed by atoms with E-state index in [9.17, 15) is 4.79 Å². The van der Waals surface area contributed by atoms with Crippen molar-refractivity contribution < 1.29 is 4.79 Å². The second-order valence-electron chi connectivity index (χ2n) is 3.75. The molecule has 104 valence electrons. The number of nitrogens with one attached hydrogen (secondary N) is 1. The van der Waals surface area contributed by atoms with Crippen molar-refractivity contribution in [2.45, 2.75) is 13.8 Å². The highest BCUT2D eigenvalue weighted by Gasteiger charge is 2.10. The van der Waals surface area contributed by atoms with Crippen LogP contribution in [0, 0.1) is 0 Å². The number of hydrogen-bond donors (Lipinski definition) is 1. The first-order valence-corrected chi connectivity index (χ1v) is 8.23. The molecule has 1 amide bonds. The highest BCUT2D eigenvalue weighted by molar-refractivity contribution is 9.10. The first kappa shape index (κ1) is 16.5. The number of nitrogens with zero attached hydrogens (tertiary/aromatic N) is 1. The predicted octanol–water partition coefficient (Wildman–Crippen LogP) is 3.75. The molecule has 0 unspecified atom stereocenters. The molecular weight excluding hydrogens is 344 g/mol. The van der Waals surface area contributed by atoms with E-state index in [2.05, 4.69) is 40.0 Å². The molecule has 0 atom stereocenters. The number of amides is 1. The van der Waals surface area contributed by atoms with Gasteiger partial charge in [0.25, 0.3) is 0 Å². The van der Waals surface area contributed by atoms with E-state index in [0.717, 1.165) is 27.6 Å². The van der Waals surface area contributed by atoms with Gasteiger partial charge in [0, 0.05) is 17.6 Å². The van der Waals surface area contributed by atoms with Gasteiger partial charge in [0.15, 0.2) is 0 Å². The van der Waals surface area contributed by atoms with Crippen LogP contribution in [0.2, 0.25) is 0 Å². The third kappa shape index (κ3) is 5.50. The zero-order valence-electron chi connectivity index (χ0n) is 11.0. The molecule has 0 bridgehead atoms. The quantitative estimate of drug-likeness (QED) is 0.810. The van der Waals surface area contributed by atoms with Crippen LogP contribution in [0.15, 0.2) is 28.7 Å². The summed E-state index contributed by atoms with van der Waals surface area (Å²) in [5, 5.41) is 2.86. The fraction of sp³-hybridized carbons (Fsp3) is 0.385. The lowest BCUT2D eigenvalue weighted by Crippen LogP contribution is -2.28. The lowest BCUT2D eigenvalue weighted by molar-refractivity contribution is -0.113. The number of thiocarbonyl (C=S) groups is 1. The van der Waals surface area contributed by atoms with Crippen LogP contribution in [0.3, 0.4) is 0 Å². The molecule has 6 heteroatoms. The van der Waals surface area contributed by atoms with Crippen molar-refractivity contribution in [1.82, 2.24) is 4.90 Å². The van der Waals surface area contributed by atoms with E-state index in [1.54, 1.807) is 0 Å². The highest BCUT2D eigenvalue weighted by Crippen LogP contribution is 2.21. The van der Waals surface area contributed by atoms with Gasteiger partial charge in [0.2, 0.25) is 5.91 Å². The van der Waals surface area contributed by atoms with Crippen LogP contribution >= 0.6 is 39.9 Å². The average molecular weight is 361 g/mol. The third-order valence-corrected chi connectivity index (χ3v) is 4.71. The number of anilines is 1. The molecular formula is C13H17BrN2OS2. The Labute approximate surface area is 132 Å². The molecule has 0 aliphatic carbocycles. The van der Waals surface area contributed by atoms with Gasteiger partial charge in [-0.1, -0.05) is 36.1 Å². The number of hydrogen-bond acceptors (Lipinski definition) is 3. The summed E-state index contributed by atoms with van der Waals surface area (Å²) in [4.78, 5) is 13.9. The molecule has 0 fully saturated rings. The van der Waals surface area contributed by atoms with Gasteiger partial charge in [-0.25, -0.2) is 0 Å². The number of carbonyl (C=O) groups excluding carboxylic acids is 1. The molecule has 0 aliphatic heterocycles. The maximum atomic E-state index is 11.8. The summed E-state index contributed by atoms with van der Waals surface area (Å²) >= 11 is 10.1. The number of halogens is 1. The predicted molar refractivity (Wildman–Crippen MR) is 90.7 cm³/mol. The maximum absolute atomic E-state index is 11.8. The van der Waals surface area contributed by atoms with Crippen LogP contribution in [0.1, 0.15) is 13.8 Å². The first-order chi connectivity index (χ1) is 9.08. The van der Waals surface area contributed by atoms with Crippen LogP contribution in [-0.4, -0.2) is 34.0 Å².